The van der Waals surface area contributed by atoms with Gasteiger partial charge in [0, 0.05) is 23.5 Å². The Bertz CT molecular complexity index is 373. The highest BCUT2D eigenvalue weighted by Gasteiger charge is 2.13. The van der Waals surface area contributed by atoms with Crippen LogP contribution in [0.4, 0.5) is 5.69 Å². The van der Waals surface area contributed by atoms with Gasteiger partial charge in [0.2, 0.25) is 0 Å². The molecule has 2 nitrogen and oxygen atoms in total. The zero-order chi connectivity index (χ0) is 15.1. The van der Waals surface area contributed by atoms with Gasteiger partial charge < -0.3 is 10.6 Å². The molecule has 116 valence electrons. The van der Waals surface area contributed by atoms with E-state index in [2.05, 4.69) is 76.6 Å². The molecule has 0 heterocycles. The molecule has 3 heteroatoms. The van der Waals surface area contributed by atoms with Gasteiger partial charge in [0.25, 0.3) is 0 Å². The van der Waals surface area contributed by atoms with Crippen molar-refractivity contribution in [3.8, 4) is 0 Å². The Labute approximate surface area is 128 Å². The molecule has 0 aliphatic carbocycles. The highest BCUT2D eigenvalue weighted by atomic mass is 32.2. The minimum atomic E-state index is 0.0496. The summed E-state index contributed by atoms with van der Waals surface area (Å²) >= 11 is 0. The Hall–Kier alpha value is -0.670. The van der Waals surface area contributed by atoms with Crippen molar-refractivity contribution in [2.45, 2.75) is 57.7 Å². The van der Waals surface area contributed by atoms with E-state index in [9.17, 15) is 0 Å². The van der Waals surface area contributed by atoms with Gasteiger partial charge in [-0.25, -0.2) is 10.9 Å². The molecule has 0 saturated heterocycles. The lowest BCUT2D eigenvalue weighted by atomic mass is 10.2. The highest BCUT2D eigenvalue weighted by Crippen LogP contribution is 2.36. The van der Waals surface area contributed by atoms with Gasteiger partial charge >= 0.3 is 0 Å². The summed E-state index contributed by atoms with van der Waals surface area (Å²) in [6.45, 7) is 11.4. The average Bonchev–Trinajstić information content (AvgIpc) is 2.39. The van der Waals surface area contributed by atoms with Crippen LogP contribution in [0.25, 0.3) is 0 Å². The molecule has 0 bridgehead atoms. The molecule has 0 amide bonds. The number of rotatable bonds is 8. The largest absolute Gasteiger partial charge is 0.383 e. The molecule has 0 fully saturated rings. The van der Waals surface area contributed by atoms with Crippen molar-refractivity contribution in [2.24, 2.45) is 0 Å². The van der Waals surface area contributed by atoms with Crippen molar-refractivity contribution in [3.05, 3.63) is 29.8 Å². The first-order valence-corrected chi connectivity index (χ1v) is 9.47. The summed E-state index contributed by atoms with van der Waals surface area (Å²) in [6, 6.07) is 10.1. The predicted molar refractivity (Wildman–Crippen MR) is 96.4 cm³/mol. The highest BCUT2D eigenvalue weighted by molar-refractivity contribution is 8.16. The third-order valence-corrected chi connectivity index (χ3v) is 6.78. The van der Waals surface area contributed by atoms with Gasteiger partial charge in [0.1, 0.15) is 0 Å². The molecule has 0 spiro atoms. The third-order valence-electron chi connectivity index (χ3n) is 3.53. The maximum absolute atomic E-state index is 3.44. The SMILES string of the molecule is CNC(C)C[SH](Cc1ccc(NC(C)C)cc1)C(C)C. The molecule has 0 aromatic heterocycles. The van der Waals surface area contributed by atoms with Crippen molar-refractivity contribution < 1.29 is 0 Å². The molecule has 2 unspecified atom stereocenters. The third kappa shape index (κ3) is 6.19. The van der Waals surface area contributed by atoms with Gasteiger partial charge in [-0.2, -0.15) is 0 Å². The van der Waals surface area contributed by atoms with Crippen LogP contribution in [0.1, 0.15) is 40.2 Å². The van der Waals surface area contributed by atoms with Gasteiger partial charge in [0.15, 0.2) is 0 Å². The fourth-order valence-corrected chi connectivity index (χ4v) is 4.66. The number of hydrogen-bond donors (Lipinski definition) is 3. The zero-order valence-corrected chi connectivity index (χ0v) is 14.8. The van der Waals surface area contributed by atoms with E-state index in [1.165, 1.54) is 22.8 Å². The number of nitrogens with one attached hydrogen (secondary N) is 2. The second-order valence-electron chi connectivity index (χ2n) is 6.21. The fraction of sp³-hybridized carbons (Fsp3) is 0.647. The Morgan fingerprint density at radius 2 is 1.60 bits per heavy atom. The van der Waals surface area contributed by atoms with Crippen LogP contribution in [0.2, 0.25) is 0 Å². The van der Waals surface area contributed by atoms with E-state index < -0.39 is 0 Å². The Morgan fingerprint density at radius 1 is 1.00 bits per heavy atom. The molecule has 2 N–H and O–H groups in total. The van der Waals surface area contributed by atoms with Crippen LogP contribution < -0.4 is 10.6 Å². The predicted octanol–water partition coefficient (Wildman–Crippen LogP) is 4.02. The maximum Gasteiger partial charge on any atom is 0.0342 e. The number of thiol groups is 1. The first-order valence-electron chi connectivity index (χ1n) is 7.69. The average molecular weight is 297 g/mol. The van der Waals surface area contributed by atoms with Gasteiger partial charge in [-0.05, 0) is 56.5 Å². The molecule has 0 aliphatic rings. The van der Waals surface area contributed by atoms with E-state index >= 15 is 0 Å². The number of hydrogen-bond acceptors (Lipinski definition) is 2. The van der Waals surface area contributed by atoms with Crippen molar-refractivity contribution in [1.82, 2.24) is 5.32 Å². The molecular weight excluding hydrogens is 264 g/mol. The standard InChI is InChI=1S/C17H32N2S/c1-13(2)19-17-9-7-16(8-10-17)12-20(14(3)4)11-15(5)18-6/h7-10,13-15,18-20H,11-12H2,1-6H3. The van der Waals surface area contributed by atoms with Crippen LogP contribution in [0.3, 0.4) is 0 Å². The van der Waals surface area contributed by atoms with Gasteiger partial charge in [-0.3, -0.25) is 0 Å². The molecule has 20 heavy (non-hydrogen) atoms. The van der Waals surface area contributed by atoms with Crippen LogP contribution in [-0.2, 0) is 5.75 Å². The summed E-state index contributed by atoms with van der Waals surface area (Å²) in [5, 5.41) is 7.60. The Morgan fingerprint density at radius 3 is 2.05 bits per heavy atom. The maximum atomic E-state index is 3.44. The lowest BCUT2D eigenvalue weighted by Crippen LogP contribution is -2.27. The number of benzene rings is 1. The summed E-state index contributed by atoms with van der Waals surface area (Å²) in [5.74, 6) is 2.54. The van der Waals surface area contributed by atoms with Gasteiger partial charge in [-0.1, -0.05) is 26.0 Å². The Kier molecular flexibility index (Phi) is 7.46. The van der Waals surface area contributed by atoms with E-state index in [1.807, 2.05) is 0 Å². The van der Waals surface area contributed by atoms with Crippen molar-refractivity contribution in [1.29, 1.82) is 0 Å². The Balaban J connectivity index is 2.64. The molecule has 0 aliphatic heterocycles. The molecule has 1 aromatic carbocycles. The molecule has 2 atom stereocenters. The first-order chi connectivity index (χ1) is 9.42. The lowest BCUT2D eigenvalue weighted by Gasteiger charge is -2.29. The van der Waals surface area contributed by atoms with Crippen LogP contribution in [0, 0.1) is 0 Å². The quantitative estimate of drug-likeness (QED) is 0.631. The van der Waals surface area contributed by atoms with Crippen LogP contribution in [0.5, 0.6) is 0 Å². The molecule has 0 saturated carbocycles. The van der Waals surface area contributed by atoms with Crippen molar-refractivity contribution in [2.75, 3.05) is 18.1 Å². The molecule has 0 radical (unpaired) electrons. The van der Waals surface area contributed by atoms with Crippen molar-refractivity contribution in [3.63, 3.8) is 0 Å². The summed E-state index contributed by atoms with van der Waals surface area (Å²) in [5.41, 5.74) is 2.70. The van der Waals surface area contributed by atoms with Crippen LogP contribution >= 0.6 is 10.9 Å². The smallest absolute Gasteiger partial charge is 0.0342 e. The minimum Gasteiger partial charge on any atom is -0.383 e. The van der Waals surface area contributed by atoms with Crippen LogP contribution in [0.15, 0.2) is 24.3 Å². The first kappa shape index (κ1) is 17.4. The lowest BCUT2D eigenvalue weighted by molar-refractivity contribution is 0.674. The van der Waals surface area contributed by atoms with Gasteiger partial charge in [-0.15, -0.1) is 0 Å². The van der Waals surface area contributed by atoms with Crippen LogP contribution in [-0.4, -0.2) is 30.1 Å². The summed E-state index contributed by atoms with van der Waals surface area (Å²) < 4.78 is 0. The second-order valence-corrected chi connectivity index (χ2v) is 9.10. The van der Waals surface area contributed by atoms with E-state index in [0.717, 1.165) is 5.25 Å². The van der Waals surface area contributed by atoms with E-state index in [0.29, 0.717) is 12.1 Å². The molecular formula is C17H32N2S. The summed E-state index contributed by atoms with van der Waals surface area (Å²) in [7, 11) is 2.11. The van der Waals surface area contributed by atoms with Gasteiger partial charge in [0.05, 0.1) is 0 Å². The topological polar surface area (TPSA) is 24.1 Å². The second kappa shape index (κ2) is 8.58. The summed E-state index contributed by atoms with van der Waals surface area (Å²) in [6.07, 6.45) is 0. The zero-order valence-electron chi connectivity index (χ0n) is 13.9. The summed E-state index contributed by atoms with van der Waals surface area (Å²) in [4.78, 5) is 0. The molecule has 1 aromatic rings. The minimum absolute atomic E-state index is 0.0496. The van der Waals surface area contributed by atoms with E-state index in [1.54, 1.807) is 0 Å². The van der Waals surface area contributed by atoms with E-state index in [-0.39, 0.29) is 10.9 Å². The monoisotopic (exact) mass is 296 g/mol. The van der Waals surface area contributed by atoms with Crippen molar-refractivity contribution >= 4 is 16.6 Å². The van der Waals surface area contributed by atoms with E-state index in [4.69, 9.17) is 0 Å². The number of anilines is 1. The fourth-order valence-electron chi connectivity index (χ4n) is 2.18. The molecule has 1 rings (SSSR count). The normalized spacial score (nSPS) is 15.5.